The number of hydrogen-bond acceptors (Lipinski definition) is 4. The molecule has 0 aliphatic heterocycles. The molecule has 144 valence electrons. The molecule has 0 aliphatic carbocycles. The minimum atomic E-state index is -0.459. The van der Waals surface area contributed by atoms with E-state index in [-0.39, 0.29) is 6.61 Å². The van der Waals surface area contributed by atoms with E-state index in [9.17, 15) is 9.59 Å². The summed E-state index contributed by atoms with van der Waals surface area (Å²) in [5.74, 6) is 0.334. The molecular formula is C22H22N2O4. The van der Waals surface area contributed by atoms with Crippen molar-refractivity contribution in [3.8, 4) is 11.5 Å². The van der Waals surface area contributed by atoms with Gasteiger partial charge in [-0.05, 0) is 36.1 Å². The standard InChI is InChI=1S/C22H22N2O4/c1-2-13-27-18-10-5-9-17(14-18)22(26)24-23-21(25)15-28-20-12-6-8-16-7-3-4-11-19(16)20/h3-12,14H,2,13,15H2,1H3,(H,23,25)(H,24,26). The van der Waals surface area contributed by atoms with Crippen molar-refractivity contribution in [3.63, 3.8) is 0 Å². The third-order valence-corrected chi connectivity index (χ3v) is 3.99. The summed E-state index contributed by atoms with van der Waals surface area (Å²) >= 11 is 0. The number of ether oxygens (including phenoxy) is 2. The summed E-state index contributed by atoms with van der Waals surface area (Å²) in [5.41, 5.74) is 5.13. The van der Waals surface area contributed by atoms with E-state index in [1.165, 1.54) is 0 Å². The highest BCUT2D eigenvalue weighted by Gasteiger charge is 2.10. The molecule has 6 heteroatoms. The number of hydrogen-bond donors (Lipinski definition) is 2. The second kappa shape index (κ2) is 9.41. The number of benzene rings is 3. The zero-order chi connectivity index (χ0) is 19.8. The Morgan fingerprint density at radius 1 is 0.893 bits per heavy atom. The molecule has 3 aromatic rings. The average molecular weight is 378 g/mol. The van der Waals surface area contributed by atoms with Crippen LogP contribution in [0.3, 0.4) is 0 Å². The largest absolute Gasteiger partial charge is 0.494 e. The predicted molar refractivity (Wildman–Crippen MR) is 107 cm³/mol. The van der Waals surface area contributed by atoms with Crippen LogP contribution in [0.25, 0.3) is 10.8 Å². The zero-order valence-electron chi connectivity index (χ0n) is 15.6. The van der Waals surface area contributed by atoms with Gasteiger partial charge < -0.3 is 9.47 Å². The number of amides is 2. The number of carbonyl (C=O) groups excluding carboxylic acids is 2. The Hall–Kier alpha value is -3.54. The molecule has 0 fully saturated rings. The second-order valence-electron chi connectivity index (χ2n) is 6.14. The van der Waals surface area contributed by atoms with Crippen molar-refractivity contribution >= 4 is 22.6 Å². The maximum Gasteiger partial charge on any atom is 0.276 e. The molecule has 2 N–H and O–H groups in total. The van der Waals surface area contributed by atoms with Crippen molar-refractivity contribution in [3.05, 3.63) is 72.3 Å². The molecule has 0 aromatic heterocycles. The molecule has 3 aromatic carbocycles. The van der Waals surface area contributed by atoms with Crippen LogP contribution in [0.5, 0.6) is 11.5 Å². The van der Waals surface area contributed by atoms with Gasteiger partial charge in [0.25, 0.3) is 11.8 Å². The smallest absolute Gasteiger partial charge is 0.276 e. The highest BCUT2D eigenvalue weighted by atomic mass is 16.5. The normalized spacial score (nSPS) is 10.3. The minimum absolute atomic E-state index is 0.214. The second-order valence-corrected chi connectivity index (χ2v) is 6.14. The molecule has 0 radical (unpaired) electrons. The molecule has 0 bridgehead atoms. The summed E-state index contributed by atoms with van der Waals surface area (Å²) < 4.78 is 11.1. The van der Waals surface area contributed by atoms with E-state index in [1.807, 2.05) is 43.3 Å². The Balaban J connectivity index is 1.52. The van der Waals surface area contributed by atoms with Crippen molar-refractivity contribution in [1.29, 1.82) is 0 Å². The van der Waals surface area contributed by atoms with E-state index in [4.69, 9.17) is 9.47 Å². The fraction of sp³-hybridized carbons (Fsp3) is 0.182. The van der Waals surface area contributed by atoms with Gasteiger partial charge in [0, 0.05) is 10.9 Å². The lowest BCUT2D eigenvalue weighted by molar-refractivity contribution is -0.123. The van der Waals surface area contributed by atoms with E-state index in [1.54, 1.807) is 30.3 Å². The molecule has 0 spiro atoms. The van der Waals surface area contributed by atoms with Crippen LogP contribution in [0.4, 0.5) is 0 Å². The Morgan fingerprint density at radius 2 is 1.68 bits per heavy atom. The van der Waals surface area contributed by atoms with Crippen LogP contribution in [0.15, 0.2) is 66.7 Å². The minimum Gasteiger partial charge on any atom is -0.494 e. The van der Waals surface area contributed by atoms with Crippen molar-refractivity contribution in [1.82, 2.24) is 10.9 Å². The van der Waals surface area contributed by atoms with Gasteiger partial charge in [0.2, 0.25) is 0 Å². The zero-order valence-corrected chi connectivity index (χ0v) is 15.6. The van der Waals surface area contributed by atoms with Gasteiger partial charge in [0.05, 0.1) is 6.61 Å². The van der Waals surface area contributed by atoms with Crippen molar-refractivity contribution in [2.24, 2.45) is 0 Å². The average Bonchev–Trinajstić information content (AvgIpc) is 2.74. The summed E-state index contributed by atoms with van der Waals surface area (Å²) in [5, 5.41) is 1.95. The number of carbonyl (C=O) groups is 2. The molecule has 0 heterocycles. The van der Waals surface area contributed by atoms with Crippen molar-refractivity contribution in [2.75, 3.05) is 13.2 Å². The maximum atomic E-state index is 12.2. The molecular weight excluding hydrogens is 356 g/mol. The lowest BCUT2D eigenvalue weighted by Gasteiger charge is -2.11. The van der Waals surface area contributed by atoms with Gasteiger partial charge in [-0.3, -0.25) is 20.4 Å². The SMILES string of the molecule is CCCOc1cccc(C(=O)NNC(=O)COc2cccc3ccccc23)c1. The Morgan fingerprint density at radius 3 is 2.54 bits per heavy atom. The van der Waals surface area contributed by atoms with Crippen LogP contribution in [0.1, 0.15) is 23.7 Å². The Kier molecular flexibility index (Phi) is 6.46. The molecule has 0 aliphatic rings. The molecule has 0 saturated heterocycles. The van der Waals surface area contributed by atoms with Crippen LogP contribution in [-0.4, -0.2) is 25.0 Å². The number of fused-ring (bicyclic) bond motifs is 1. The first-order valence-corrected chi connectivity index (χ1v) is 9.10. The monoisotopic (exact) mass is 378 g/mol. The van der Waals surface area contributed by atoms with Gasteiger partial charge in [-0.15, -0.1) is 0 Å². The van der Waals surface area contributed by atoms with Gasteiger partial charge >= 0.3 is 0 Å². The fourth-order valence-electron chi connectivity index (χ4n) is 2.65. The third kappa shape index (κ3) is 5.01. The summed E-state index contributed by atoms with van der Waals surface area (Å²) in [6.45, 7) is 2.37. The van der Waals surface area contributed by atoms with E-state index < -0.39 is 11.8 Å². The van der Waals surface area contributed by atoms with Crippen LogP contribution < -0.4 is 20.3 Å². The fourth-order valence-corrected chi connectivity index (χ4v) is 2.65. The number of hydrazine groups is 1. The van der Waals surface area contributed by atoms with Crippen LogP contribution in [0.2, 0.25) is 0 Å². The lowest BCUT2D eigenvalue weighted by atomic mass is 10.1. The van der Waals surface area contributed by atoms with Crippen LogP contribution in [0, 0.1) is 0 Å². The van der Waals surface area contributed by atoms with E-state index in [0.29, 0.717) is 23.7 Å². The van der Waals surface area contributed by atoms with Crippen LogP contribution in [-0.2, 0) is 4.79 Å². The van der Waals surface area contributed by atoms with Gasteiger partial charge in [0.15, 0.2) is 6.61 Å². The van der Waals surface area contributed by atoms with Gasteiger partial charge in [-0.25, -0.2) is 0 Å². The number of nitrogens with one attached hydrogen (secondary N) is 2. The molecule has 28 heavy (non-hydrogen) atoms. The first-order valence-electron chi connectivity index (χ1n) is 9.10. The number of rotatable bonds is 7. The van der Waals surface area contributed by atoms with Gasteiger partial charge in [0.1, 0.15) is 11.5 Å². The van der Waals surface area contributed by atoms with E-state index in [2.05, 4.69) is 10.9 Å². The Bertz CT molecular complexity index is 966. The van der Waals surface area contributed by atoms with E-state index >= 15 is 0 Å². The van der Waals surface area contributed by atoms with E-state index in [0.717, 1.165) is 17.2 Å². The van der Waals surface area contributed by atoms with Crippen LogP contribution >= 0.6 is 0 Å². The third-order valence-electron chi connectivity index (χ3n) is 3.99. The highest BCUT2D eigenvalue weighted by Crippen LogP contribution is 2.24. The first kappa shape index (κ1) is 19.2. The summed E-state index contributed by atoms with van der Waals surface area (Å²) in [6.07, 6.45) is 0.878. The van der Waals surface area contributed by atoms with Crippen molar-refractivity contribution in [2.45, 2.75) is 13.3 Å². The van der Waals surface area contributed by atoms with Gasteiger partial charge in [-0.1, -0.05) is 49.4 Å². The predicted octanol–water partition coefficient (Wildman–Crippen LogP) is 3.47. The molecule has 0 saturated carbocycles. The lowest BCUT2D eigenvalue weighted by Crippen LogP contribution is -2.43. The summed E-state index contributed by atoms with van der Waals surface area (Å²) in [7, 11) is 0. The summed E-state index contributed by atoms with van der Waals surface area (Å²) in [6, 6.07) is 20.2. The summed E-state index contributed by atoms with van der Waals surface area (Å²) in [4.78, 5) is 24.2. The Labute approximate surface area is 163 Å². The molecule has 0 atom stereocenters. The quantitative estimate of drug-likeness (QED) is 0.617. The topological polar surface area (TPSA) is 76.7 Å². The van der Waals surface area contributed by atoms with Gasteiger partial charge in [-0.2, -0.15) is 0 Å². The highest BCUT2D eigenvalue weighted by molar-refractivity contribution is 5.96. The molecule has 0 unspecified atom stereocenters. The maximum absolute atomic E-state index is 12.2. The molecule has 6 nitrogen and oxygen atoms in total. The van der Waals surface area contributed by atoms with Crippen molar-refractivity contribution < 1.29 is 19.1 Å². The first-order chi connectivity index (χ1) is 13.7. The molecule has 3 rings (SSSR count). The molecule has 2 amide bonds.